The van der Waals surface area contributed by atoms with Crippen molar-refractivity contribution in [2.24, 2.45) is 0 Å². The van der Waals surface area contributed by atoms with E-state index in [0.29, 0.717) is 12.8 Å². The smallest absolute Gasteiger partial charge is 0.336 e. The van der Waals surface area contributed by atoms with E-state index < -0.39 is 30.0 Å². The molecule has 1 aromatic carbocycles. The molecule has 0 saturated heterocycles. The molecule has 1 aromatic heterocycles. The minimum absolute atomic E-state index is 0.178. The normalized spacial score (nSPS) is 17.5. The summed E-state index contributed by atoms with van der Waals surface area (Å²) in [5.74, 6) is -1.72. The number of hydrogen-bond acceptors (Lipinski definition) is 3. The Hall–Kier alpha value is -2.56. The summed E-state index contributed by atoms with van der Waals surface area (Å²) in [5.41, 5.74) is -0.582. The van der Waals surface area contributed by atoms with Crippen LogP contribution in [0.5, 0.6) is 0 Å². The molecule has 0 aliphatic heterocycles. The Morgan fingerprint density at radius 1 is 1.23 bits per heavy atom. The van der Waals surface area contributed by atoms with Gasteiger partial charge in [0, 0.05) is 0 Å². The topological polar surface area (TPSA) is 70.7 Å². The van der Waals surface area contributed by atoms with E-state index in [4.69, 9.17) is 0 Å². The Bertz CT molecular complexity index is 842. The van der Waals surface area contributed by atoms with E-state index in [9.17, 15) is 23.2 Å². The second kappa shape index (κ2) is 6.98. The van der Waals surface area contributed by atoms with Crippen molar-refractivity contribution in [3.63, 3.8) is 0 Å². The number of aromatic nitrogens is 2. The number of hydrogen-bond donors (Lipinski definition) is 1. The van der Waals surface area contributed by atoms with Crippen LogP contribution in [0.2, 0.25) is 0 Å². The molecule has 1 heterocycles. The van der Waals surface area contributed by atoms with E-state index in [-0.39, 0.29) is 11.0 Å². The summed E-state index contributed by atoms with van der Waals surface area (Å²) in [6, 6.07) is 8.33. The molecule has 8 heteroatoms. The van der Waals surface area contributed by atoms with Crippen molar-refractivity contribution < 1.29 is 18.0 Å². The van der Waals surface area contributed by atoms with E-state index in [1.54, 1.807) is 12.1 Å². The van der Waals surface area contributed by atoms with Crippen LogP contribution in [0.15, 0.2) is 24.3 Å². The van der Waals surface area contributed by atoms with Crippen LogP contribution < -0.4 is 5.32 Å². The fraction of sp³-hybridized carbons (Fsp3) is 0.500. The van der Waals surface area contributed by atoms with Crippen LogP contribution >= 0.6 is 0 Å². The van der Waals surface area contributed by atoms with Gasteiger partial charge in [0.15, 0.2) is 0 Å². The number of halogens is 3. The lowest BCUT2D eigenvalue weighted by atomic mass is 9.92. The minimum atomic E-state index is -4.67. The SMILES string of the molecule is N#CC1(NC(=O)Cn2c(C(F)(F)F)nc3ccccc32)CCCCCC1. The molecule has 1 saturated carbocycles. The lowest BCUT2D eigenvalue weighted by Gasteiger charge is -2.26. The zero-order valence-electron chi connectivity index (χ0n) is 14.1. The summed E-state index contributed by atoms with van der Waals surface area (Å²) in [7, 11) is 0. The summed E-state index contributed by atoms with van der Waals surface area (Å²) < 4.78 is 40.8. The number of amides is 1. The molecular formula is C18H19F3N4O. The highest BCUT2D eigenvalue weighted by atomic mass is 19.4. The molecule has 2 aromatic rings. The average molecular weight is 364 g/mol. The van der Waals surface area contributed by atoms with Crippen molar-refractivity contribution in [3.05, 3.63) is 30.1 Å². The summed E-state index contributed by atoms with van der Waals surface area (Å²) >= 11 is 0. The number of nitriles is 1. The monoisotopic (exact) mass is 364 g/mol. The highest BCUT2D eigenvalue weighted by Gasteiger charge is 2.39. The van der Waals surface area contributed by atoms with Gasteiger partial charge in [0.05, 0.1) is 17.1 Å². The van der Waals surface area contributed by atoms with Crippen molar-refractivity contribution in [1.82, 2.24) is 14.9 Å². The molecule has 0 atom stereocenters. The molecule has 1 aliphatic carbocycles. The Kier molecular flexibility index (Phi) is 4.90. The minimum Gasteiger partial charge on any atom is -0.336 e. The summed E-state index contributed by atoms with van der Waals surface area (Å²) in [6.07, 6.45) is -0.0225. The fourth-order valence-corrected chi connectivity index (χ4v) is 3.50. The van der Waals surface area contributed by atoms with Crippen molar-refractivity contribution in [2.45, 2.75) is 56.8 Å². The standard InChI is InChI=1S/C18H19F3N4O/c19-18(20,21)16-23-13-7-3-4-8-14(13)25(16)11-15(26)24-17(12-22)9-5-1-2-6-10-17/h3-4,7-8H,1-2,5-6,9-11H2,(H,24,26). The Morgan fingerprint density at radius 2 is 1.88 bits per heavy atom. The van der Waals surface area contributed by atoms with E-state index in [1.807, 2.05) is 0 Å². The van der Waals surface area contributed by atoms with Gasteiger partial charge < -0.3 is 9.88 Å². The van der Waals surface area contributed by atoms with Gasteiger partial charge in [0.2, 0.25) is 11.7 Å². The predicted octanol–water partition coefficient (Wildman–Crippen LogP) is 3.79. The van der Waals surface area contributed by atoms with Gasteiger partial charge in [-0.1, -0.05) is 37.8 Å². The zero-order valence-corrected chi connectivity index (χ0v) is 14.1. The molecular weight excluding hydrogens is 345 g/mol. The molecule has 1 amide bonds. The van der Waals surface area contributed by atoms with Gasteiger partial charge in [0.25, 0.3) is 0 Å². The highest BCUT2D eigenvalue weighted by molar-refractivity contribution is 5.82. The Morgan fingerprint density at radius 3 is 2.50 bits per heavy atom. The number of nitrogens with zero attached hydrogens (tertiary/aromatic N) is 3. The first-order valence-electron chi connectivity index (χ1n) is 8.59. The number of alkyl halides is 3. The van der Waals surface area contributed by atoms with Crippen LogP contribution in [0.4, 0.5) is 13.2 Å². The van der Waals surface area contributed by atoms with E-state index >= 15 is 0 Å². The highest BCUT2D eigenvalue weighted by Crippen LogP contribution is 2.32. The Balaban J connectivity index is 1.88. The molecule has 0 unspecified atom stereocenters. The molecule has 0 spiro atoms. The fourth-order valence-electron chi connectivity index (χ4n) is 3.50. The quantitative estimate of drug-likeness (QED) is 0.843. The molecule has 1 fully saturated rings. The second-order valence-electron chi connectivity index (χ2n) is 6.66. The number of carbonyl (C=O) groups is 1. The number of nitrogens with one attached hydrogen (secondary N) is 1. The zero-order chi connectivity index (χ0) is 18.8. The van der Waals surface area contributed by atoms with Crippen LogP contribution in [0.1, 0.15) is 44.3 Å². The first kappa shape index (κ1) is 18.2. The number of rotatable bonds is 3. The average Bonchev–Trinajstić information content (AvgIpc) is 2.80. The number of benzene rings is 1. The molecule has 3 rings (SSSR count). The number of para-hydroxylation sites is 2. The first-order valence-corrected chi connectivity index (χ1v) is 8.59. The largest absolute Gasteiger partial charge is 0.449 e. The van der Waals surface area contributed by atoms with E-state index in [2.05, 4.69) is 16.4 Å². The molecule has 5 nitrogen and oxygen atoms in total. The molecule has 1 aliphatic rings. The van der Waals surface area contributed by atoms with Gasteiger partial charge in [-0.05, 0) is 25.0 Å². The van der Waals surface area contributed by atoms with Gasteiger partial charge >= 0.3 is 6.18 Å². The Labute approximate surface area is 148 Å². The van der Waals surface area contributed by atoms with Crippen LogP contribution in [-0.4, -0.2) is 21.0 Å². The summed E-state index contributed by atoms with van der Waals surface area (Å²) in [4.78, 5) is 16.1. The maximum Gasteiger partial charge on any atom is 0.449 e. The predicted molar refractivity (Wildman–Crippen MR) is 88.9 cm³/mol. The number of imidazole rings is 1. The van der Waals surface area contributed by atoms with E-state index in [1.165, 1.54) is 12.1 Å². The number of fused-ring (bicyclic) bond motifs is 1. The van der Waals surface area contributed by atoms with Gasteiger partial charge in [-0.15, -0.1) is 0 Å². The molecule has 26 heavy (non-hydrogen) atoms. The first-order chi connectivity index (χ1) is 12.3. The molecule has 1 N–H and O–H groups in total. The van der Waals surface area contributed by atoms with Crippen LogP contribution in [0.25, 0.3) is 11.0 Å². The summed E-state index contributed by atoms with van der Waals surface area (Å²) in [6.45, 7) is -0.529. The molecule has 138 valence electrons. The van der Waals surface area contributed by atoms with E-state index in [0.717, 1.165) is 30.3 Å². The maximum absolute atomic E-state index is 13.3. The number of carbonyl (C=O) groups excluding carboxylic acids is 1. The van der Waals surface area contributed by atoms with Gasteiger partial charge in [0.1, 0.15) is 12.1 Å². The van der Waals surface area contributed by atoms with Crippen LogP contribution in [0, 0.1) is 11.3 Å². The van der Waals surface area contributed by atoms with Crippen LogP contribution in [-0.2, 0) is 17.5 Å². The van der Waals surface area contributed by atoms with Crippen molar-refractivity contribution in [2.75, 3.05) is 0 Å². The third kappa shape index (κ3) is 3.66. The van der Waals surface area contributed by atoms with Crippen molar-refractivity contribution >= 4 is 16.9 Å². The van der Waals surface area contributed by atoms with Crippen molar-refractivity contribution in [3.8, 4) is 6.07 Å². The van der Waals surface area contributed by atoms with Crippen LogP contribution in [0.3, 0.4) is 0 Å². The van der Waals surface area contributed by atoms with Gasteiger partial charge in [-0.3, -0.25) is 4.79 Å². The molecule has 0 bridgehead atoms. The van der Waals surface area contributed by atoms with Crippen molar-refractivity contribution in [1.29, 1.82) is 5.26 Å². The lowest BCUT2D eigenvalue weighted by molar-refractivity contribution is -0.147. The lowest BCUT2D eigenvalue weighted by Crippen LogP contribution is -2.48. The van der Waals surface area contributed by atoms with Gasteiger partial charge in [-0.25, -0.2) is 4.98 Å². The third-order valence-corrected chi connectivity index (χ3v) is 4.76. The second-order valence-corrected chi connectivity index (χ2v) is 6.66. The molecule has 0 radical (unpaired) electrons. The summed E-state index contributed by atoms with van der Waals surface area (Å²) in [5, 5.41) is 12.2. The third-order valence-electron chi connectivity index (χ3n) is 4.76. The van der Waals surface area contributed by atoms with Gasteiger partial charge in [-0.2, -0.15) is 18.4 Å². The maximum atomic E-state index is 13.3.